The Labute approximate surface area is 113 Å². The van der Waals surface area contributed by atoms with Crippen LogP contribution in [-0.4, -0.2) is 15.0 Å². The summed E-state index contributed by atoms with van der Waals surface area (Å²) in [6.45, 7) is 2.04. The predicted molar refractivity (Wildman–Crippen MR) is 71.2 cm³/mol. The maximum absolute atomic E-state index is 6.05. The minimum atomic E-state index is 0.461. The van der Waals surface area contributed by atoms with E-state index in [0.29, 0.717) is 17.4 Å². The summed E-state index contributed by atoms with van der Waals surface area (Å²) >= 11 is 9.43. The molecule has 2 aromatic rings. The third-order valence-electron chi connectivity index (χ3n) is 2.33. The lowest BCUT2D eigenvalue weighted by molar-refractivity contribution is 0.881. The van der Waals surface area contributed by atoms with Crippen LogP contribution in [0.4, 0.5) is 0 Å². The first kappa shape index (κ1) is 12.5. The molecule has 3 nitrogen and oxygen atoms in total. The van der Waals surface area contributed by atoms with E-state index >= 15 is 0 Å². The van der Waals surface area contributed by atoms with Gasteiger partial charge in [0.05, 0.1) is 16.6 Å². The molecule has 2 rings (SSSR count). The summed E-state index contributed by atoms with van der Waals surface area (Å²) in [5.74, 6) is 0.703. The smallest absolute Gasteiger partial charge is 0.147 e. The van der Waals surface area contributed by atoms with Crippen molar-refractivity contribution in [2.75, 3.05) is 0 Å². The Morgan fingerprint density at radius 1 is 1.29 bits per heavy atom. The molecule has 0 amide bonds. The van der Waals surface area contributed by atoms with Crippen LogP contribution in [0.5, 0.6) is 0 Å². The Balaban J connectivity index is 2.31. The van der Waals surface area contributed by atoms with Gasteiger partial charge in [-0.3, -0.25) is 4.98 Å². The summed E-state index contributed by atoms with van der Waals surface area (Å²) in [7, 11) is 0. The zero-order valence-corrected chi connectivity index (χ0v) is 11.7. The fraction of sp³-hybridized carbons (Fsp3) is 0.250. The van der Waals surface area contributed by atoms with E-state index in [4.69, 9.17) is 11.6 Å². The van der Waals surface area contributed by atoms with Gasteiger partial charge < -0.3 is 0 Å². The zero-order chi connectivity index (χ0) is 12.3. The highest BCUT2D eigenvalue weighted by molar-refractivity contribution is 9.10. The van der Waals surface area contributed by atoms with Crippen LogP contribution in [0.3, 0.4) is 0 Å². The topological polar surface area (TPSA) is 38.7 Å². The lowest BCUT2D eigenvalue weighted by Crippen LogP contribution is -2.03. The Hall–Kier alpha value is -1.00. The zero-order valence-electron chi connectivity index (χ0n) is 9.32. The molecule has 0 aliphatic carbocycles. The SMILES string of the molecule is CCc1nc(Cc2ccccn2)nc(Cl)c1Br. The fourth-order valence-corrected chi connectivity index (χ4v) is 2.15. The lowest BCUT2D eigenvalue weighted by Gasteiger charge is -2.06. The van der Waals surface area contributed by atoms with Gasteiger partial charge in [0.25, 0.3) is 0 Å². The molecular weight excluding hydrogens is 302 g/mol. The van der Waals surface area contributed by atoms with E-state index in [1.807, 2.05) is 25.1 Å². The van der Waals surface area contributed by atoms with Crippen LogP contribution in [0.15, 0.2) is 28.9 Å². The second kappa shape index (κ2) is 5.56. The summed E-state index contributed by atoms with van der Waals surface area (Å²) in [4.78, 5) is 13.0. The van der Waals surface area contributed by atoms with Crippen molar-refractivity contribution in [2.45, 2.75) is 19.8 Å². The first-order valence-corrected chi connectivity index (χ1v) is 6.48. The van der Waals surface area contributed by atoms with Gasteiger partial charge in [0.1, 0.15) is 11.0 Å². The summed E-state index contributed by atoms with van der Waals surface area (Å²) in [6, 6.07) is 5.78. The number of aryl methyl sites for hydroxylation is 1. The number of aromatic nitrogens is 3. The summed E-state index contributed by atoms with van der Waals surface area (Å²) in [5, 5.41) is 0.461. The van der Waals surface area contributed by atoms with Crippen molar-refractivity contribution in [2.24, 2.45) is 0 Å². The van der Waals surface area contributed by atoms with Gasteiger partial charge >= 0.3 is 0 Å². The van der Waals surface area contributed by atoms with Gasteiger partial charge in [0, 0.05) is 11.9 Å². The molecule has 17 heavy (non-hydrogen) atoms. The van der Waals surface area contributed by atoms with E-state index in [0.717, 1.165) is 22.3 Å². The molecule has 2 aromatic heterocycles. The van der Waals surface area contributed by atoms with Gasteiger partial charge in [-0.25, -0.2) is 9.97 Å². The minimum Gasteiger partial charge on any atom is -0.261 e. The second-order valence-electron chi connectivity index (χ2n) is 3.54. The van der Waals surface area contributed by atoms with Crippen molar-refractivity contribution >= 4 is 27.5 Å². The highest BCUT2D eigenvalue weighted by atomic mass is 79.9. The van der Waals surface area contributed by atoms with Gasteiger partial charge in [-0.2, -0.15) is 0 Å². The van der Waals surface area contributed by atoms with Gasteiger partial charge in [0.15, 0.2) is 0 Å². The molecule has 0 radical (unpaired) electrons. The number of halogens is 2. The van der Waals surface area contributed by atoms with Crippen LogP contribution in [0.25, 0.3) is 0 Å². The summed E-state index contributed by atoms with van der Waals surface area (Å²) < 4.78 is 0.784. The molecule has 0 saturated carbocycles. The van der Waals surface area contributed by atoms with Crippen LogP contribution in [0.1, 0.15) is 24.1 Å². The first-order chi connectivity index (χ1) is 8.20. The second-order valence-corrected chi connectivity index (χ2v) is 4.69. The maximum atomic E-state index is 6.05. The van der Waals surface area contributed by atoms with E-state index in [2.05, 4.69) is 30.9 Å². The fourth-order valence-electron chi connectivity index (χ4n) is 1.49. The molecule has 0 saturated heterocycles. The van der Waals surface area contributed by atoms with Gasteiger partial charge in [-0.15, -0.1) is 0 Å². The highest BCUT2D eigenvalue weighted by Gasteiger charge is 2.09. The molecule has 5 heteroatoms. The molecular formula is C12H11BrClN3. The van der Waals surface area contributed by atoms with Crippen LogP contribution < -0.4 is 0 Å². The maximum Gasteiger partial charge on any atom is 0.147 e. The molecule has 0 unspecified atom stereocenters. The third kappa shape index (κ3) is 3.01. The molecule has 0 aliphatic heterocycles. The molecule has 2 heterocycles. The van der Waals surface area contributed by atoms with Gasteiger partial charge in [-0.1, -0.05) is 24.6 Å². The molecule has 0 spiro atoms. The van der Waals surface area contributed by atoms with E-state index in [1.165, 1.54) is 0 Å². The average molecular weight is 313 g/mol. The van der Waals surface area contributed by atoms with Crippen LogP contribution in [-0.2, 0) is 12.8 Å². The Kier molecular flexibility index (Phi) is 4.07. The van der Waals surface area contributed by atoms with Crippen LogP contribution in [0, 0.1) is 0 Å². The van der Waals surface area contributed by atoms with Crippen LogP contribution in [0.2, 0.25) is 5.15 Å². The Morgan fingerprint density at radius 2 is 2.12 bits per heavy atom. The standard InChI is InChI=1S/C12H11BrClN3/c1-2-9-11(13)12(14)17-10(16-9)7-8-5-3-4-6-15-8/h3-6H,2,7H2,1H3. The Bertz CT molecular complexity index is 517. The van der Waals surface area contributed by atoms with E-state index in [1.54, 1.807) is 6.20 Å². The van der Waals surface area contributed by atoms with E-state index < -0.39 is 0 Å². The molecule has 0 fully saturated rings. The van der Waals surface area contributed by atoms with Gasteiger partial charge in [0.2, 0.25) is 0 Å². The molecule has 0 aliphatic rings. The monoisotopic (exact) mass is 311 g/mol. The molecule has 88 valence electrons. The number of hydrogen-bond acceptors (Lipinski definition) is 3. The van der Waals surface area contributed by atoms with Gasteiger partial charge in [-0.05, 0) is 34.5 Å². The summed E-state index contributed by atoms with van der Waals surface area (Å²) in [6.07, 6.45) is 3.18. The van der Waals surface area contributed by atoms with E-state index in [9.17, 15) is 0 Å². The van der Waals surface area contributed by atoms with Crippen molar-refractivity contribution in [1.82, 2.24) is 15.0 Å². The molecule has 0 aromatic carbocycles. The highest BCUT2D eigenvalue weighted by Crippen LogP contribution is 2.24. The predicted octanol–water partition coefficient (Wildman–Crippen LogP) is 3.44. The van der Waals surface area contributed by atoms with Crippen molar-refractivity contribution < 1.29 is 0 Å². The number of rotatable bonds is 3. The van der Waals surface area contributed by atoms with Crippen LogP contribution >= 0.6 is 27.5 Å². The van der Waals surface area contributed by atoms with Crippen molar-refractivity contribution in [3.05, 3.63) is 51.2 Å². The Morgan fingerprint density at radius 3 is 2.76 bits per heavy atom. The number of nitrogens with zero attached hydrogens (tertiary/aromatic N) is 3. The first-order valence-electron chi connectivity index (χ1n) is 5.31. The van der Waals surface area contributed by atoms with E-state index in [-0.39, 0.29) is 0 Å². The van der Waals surface area contributed by atoms with Crippen molar-refractivity contribution in [3.8, 4) is 0 Å². The average Bonchev–Trinajstić information content (AvgIpc) is 2.35. The van der Waals surface area contributed by atoms with Crippen molar-refractivity contribution in [3.63, 3.8) is 0 Å². The number of hydrogen-bond donors (Lipinski definition) is 0. The normalized spacial score (nSPS) is 10.5. The largest absolute Gasteiger partial charge is 0.261 e. The molecule has 0 bridgehead atoms. The number of pyridine rings is 1. The molecule has 0 atom stereocenters. The quantitative estimate of drug-likeness (QED) is 0.815. The minimum absolute atomic E-state index is 0.461. The van der Waals surface area contributed by atoms with Crippen molar-refractivity contribution in [1.29, 1.82) is 0 Å². The third-order valence-corrected chi connectivity index (χ3v) is 3.66. The molecule has 0 N–H and O–H groups in total. The summed E-state index contributed by atoms with van der Waals surface area (Å²) in [5.41, 5.74) is 1.86. The lowest BCUT2D eigenvalue weighted by atomic mass is 10.2.